The fourth-order valence-electron chi connectivity index (χ4n) is 1.19. The summed E-state index contributed by atoms with van der Waals surface area (Å²) in [6.45, 7) is 0. The average molecular weight is 247 g/mol. The molecule has 0 radical (unpaired) electrons. The first-order chi connectivity index (χ1) is 6.58. The number of halogens is 2. The van der Waals surface area contributed by atoms with E-state index < -0.39 is 0 Å². The number of nitrogens with one attached hydrogen (secondary N) is 2. The maximum absolute atomic E-state index is 11.4. The molecule has 2 rings (SSSR count). The summed E-state index contributed by atoms with van der Waals surface area (Å²) in [5, 5.41) is 1.19. The van der Waals surface area contributed by atoms with Crippen LogP contribution >= 0.6 is 35.4 Å². The van der Waals surface area contributed by atoms with Gasteiger partial charge in [0.1, 0.15) is 0 Å². The number of aromatic amines is 2. The molecule has 1 aromatic carbocycles. The van der Waals surface area contributed by atoms with Crippen molar-refractivity contribution in [2.75, 3.05) is 0 Å². The van der Waals surface area contributed by atoms with E-state index >= 15 is 0 Å². The third-order valence-corrected chi connectivity index (χ3v) is 2.49. The van der Waals surface area contributed by atoms with Gasteiger partial charge in [-0.05, 0) is 24.4 Å². The van der Waals surface area contributed by atoms with Crippen LogP contribution in [-0.4, -0.2) is 9.97 Å². The van der Waals surface area contributed by atoms with Gasteiger partial charge in [-0.1, -0.05) is 23.2 Å². The molecule has 0 aliphatic carbocycles. The van der Waals surface area contributed by atoms with Crippen molar-refractivity contribution in [1.29, 1.82) is 0 Å². The number of H-pyrrole nitrogens is 2. The van der Waals surface area contributed by atoms with Crippen LogP contribution in [0.4, 0.5) is 0 Å². The number of rotatable bonds is 0. The zero-order valence-corrected chi connectivity index (χ0v) is 9.06. The molecule has 14 heavy (non-hydrogen) atoms. The highest BCUT2D eigenvalue weighted by Gasteiger charge is 2.04. The lowest BCUT2D eigenvalue weighted by molar-refractivity contribution is 1.14. The Morgan fingerprint density at radius 1 is 1.21 bits per heavy atom. The molecule has 0 amide bonds. The summed E-state index contributed by atoms with van der Waals surface area (Å²) in [5.74, 6) is 0. The molecule has 0 unspecified atom stereocenters. The van der Waals surface area contributed by atoms with Gasteiger partial charge in [-0.2, -0.15) is 0 Å². The Kier molecular flexibility index (Phi) is 2.34. The summed E-state index contributed by atoms with van der Waals surface area (Å²) in [4.78, 5) is 16.7. The molecule has 2 N–H and O–H groups in total. The fourth-order valence-corrected chi connectivity index (χ4v) is 1.93. The molecule has 0 fully saturated rings. The van der Waals surface area contributed by atoms with Crippen LogP contribution < -0.4 is 5.56 Å². The van der Waals surface area contributed by atoms with Gasteiger partial charge in [0.25, 0.3) is 5.56 Å². The third-order valence-electron chi connectivity index (χ3n) is 1.77. The molecule has 3 nitrogen and oxygen atoms in total. The number of hydrogen-bond acceptors (Lipinski definition) is 2. The molecule has 0 saturated heterocycles. The van der Waals surface area contributed by atoms with Crippen LogP contribution in [0.25, 0.3) is 10.9 Å². The van der Waals surface area contributed by atoms with Gasteiger partial charge in [0, 0.05) is 5.02 Å². The summed E-state index contributed by atoms with van der Waals surface area (Å²) in [7, 11) is 0. The van der Waals surface area contributed by atoms with E-state index in [2.05, 4.69) is 9.97 Å². The molecule has 0 bridgehead atoms. The van der Waals surface area contributed by atoms with Crippen molar-refractivity contribution in [3.8, 4) is 0 Å². The molecule has 1 heterocycles. The van der Waals surface area contributed by atoms with E-state index in [0.29, 0.717) is 20.9 Å². The van der Waals surface area contributed by atoms with Crippen LogP contribution in [0.3, 0.4) is 0 Å². The van der Waals surface area contributed by atoms with Crippen molar-refractivity contribution >= 4 is 46.3 Å². The zero-order valence-electron chi connectivity index (χ0n) is 6.73. The number of hydrogen-bond donors (Lipinski definition) is 2. The Labute approximate surface area is 93.7 Å². The van der Waals surface area contributed by atoms with Crippen molar-refractivity contribution in [2.24, 2.45) is 0 Å². The van der Waals surface area contributed by atoms with Gasteiger partial charge in [0.2, 0.25) is 0 Å². The minimum Gasteiger partial charge on any atom is -0.330 e. The second kappa shape index (κ2) is 3.38. The first kappa shape index (κ1) is 9.71. The van der Waals surface area contributed by atoms with Crippen LogP contribution in [0, 0.1) is 4.77 Å². The van der Waals surface area contributed by atoms with Gasteiger partial charge in [-0.3, -0.25) is 9.78 Å². The van der Waals surface area contributed by atoms with E-state index in [4.69, 9.17) is 35.4 Å². The minimum atomic E-state index is -0.298. The van der Waals surface area contributed by atoms with E-state index in [1.54, 1.807) is 6.07 Å². The molecule has 0 atom stereocenters. The van der Waals surface area contributed by atoms with Gasteiger partial charge in [0.15, 0.2) is 4.77 Å². The highest BCUT2D eigenvalue weighted by molar-refractivity contribution is 7.71. The molecule has 72 valence electrons. The molecular formula is C8H4Cl2N2OS. The van der Waals surface area contributed by atoms with E-state index in [-0.39, 0.29) is 10.3 Å². The maximum Gasteiger partial charge on any atom is 0.259 e. The first-order valence-electron chi connectivity index (χ1n) is 3.69. The molecule has 1 aromatic heterocycles. The Balaban J connectivity index is 3.10. The molecule has 2 aromatic rings. The average Bonchev–Trinajstić information content (AvgIpc) is 2.07. The SMILES string of the molecule is O=c1[nH]c(=S)[nH]c2c(Cl)cc(Cl)cc12. The standard InChI is InChI=1S/C8H4Cl2N2OS/c9-3-1-4-6(5(10)2-3)11-8(14)12-7(4)13/h1-2H,(H2,11,12,13,14). The second-order valence-electron chi connectivity index (χ2n) is 2.72. The van der Waals surface area contributed by atoms with Crippen LogP contribution in [-0.2, 0) is 0 Å². The molecular weight excluding hydrogens is 243 g/mol. The molecule has 0 saturated carbocycles. The van der Waals surface area contributed by atoms with Crippen LogP contribution in [0.1, 0.15) is 0 Å². The Hall–Kier alpha value is -0.840. The van der Waals surface area contributed by atoms with Crippen molar-refractivity contribution in [3.63, 3.8) is 0 Å². The van der Waals surface area contributed by atoms with Crippen molar-refractivity contribution in [1.82, 2.24) is 9.97 Å². The Morgan fingerprint density at radius 2 is 1.93 bits per heavy atom. The second-order valence-corrected chi connectivity index (χ2v) is 3.97. The number of benzene rings is 1. The van der Waals surface area contributed by atoms with Crippen molar-refractivity contribution in [3.05, 3.63) is 37.3 Å². The summed E-state index contributed by atoms with van der Waals surface area (Å²) < 4.78 is 0.242. The highest BCUT2D eigenvalue weighted by atomic mass is 35.5. The summed E-state index contributed by atoms with van der Waals surface area (Å²) in [6.07, 6.45) is 0. The van der Waals surface area contributed by atoms with Crippen LogP contribution in [0.2, 0.25) is 10.0 Å². The minimum absolute atomic E-state index is 0.242. The van der Waals surface area contributed by atoms with Gasteiger partial charge < -0.3 is 4.98 Å². The molecule has 0 aliphatic rings. The number of fused-ring (bicyclic) bond motifs is 1. The summed E-state index contributed by atoms with van der Waals surface area (Å²) in [6, 6.07) is 3.09. The molecule has 6 heteroatoms. The van der Waals surface area contributed by atoms with Crippen LogP contribution in [0.15, 0.2) is 16.9 Å². The first-order valence-corrected chi connectivity index (χ1v) is 4.86. The van der Waals surface area contributed by atoms with E-state index in [1.165, 1.54) is 6.07 Å². The van der Waals surface area contributed by atoms with Crippen molar-refractivity contribution in [2.45, 2.75) is 0 Å². The zero-order chi connectivity index (χ0) is 10.3. The predicted molar refractivity (Wildman–Crippen MR) is 59.8 cm³/mol. The highest BCUT2D eigenvalue weighted by Crippen LogP contribution is 2.23. The smallest absolute Gasteiger partial charge is 0.259 e. The van der Waals surface area contributed by atoms with Crippen molar-refractivity contribution < 1.29 is 0 Å². The van der Waals surface area contributed by atoms with Gasteiger partial charge in [0.05, 0.1) is 15.9 Å². The van der Waals surface area contributed by atoms with E-state index in [0.717, 1.165) is 0 Å². The van der Waals surface area contributed by atoms with Gasteiger partial charge in [-0.15, -0.1) is 0 Å². The summed E-state index contributed by atoms with van der Waals surface area (Å²) >= 11 is 16.5. The van der Waals surface area contributed by atoms with Gasteiger partial charge in [-0.25, -0.2) is 0 Å². The predicted octanol–water partition coefficient (Wildman–Crippen LogP) is 2.89. The van der Waals surface area contributed by atoms with Gasteiger partial charge >= 0.3 is 0 Å². The molecule has 0 spiro atoms. The van der Waals surface area contributed by atoms with E-state index in [1.807, 2.05) is 0 Å². The monoisotopic (exact) mass is 246 g/mol. The maximum atomic E-state index is 11.4. The lowest BCUT2D eigenvalue weighted by Crippen LogP contribution is -2.07. The Morgan fingerprint density at radius 3 is 2.64 bits per heavy atom. The normalized spacial score (nSPS) is 10.7. The number of aromatic nitrogens is 2. The van der Waals surface area contributed by atoms with E-state index in [9.17, 15) is 4.79 Å². The lowest BCUT2D eigenvalue weighted by Gasteiger charge is -2.00. The third kappa shape index (κ3) is 1.56. The Bertz CT molecular complexity index is 617. The van der Waals surface area contributed by atoms with Crippen LogP contribution in [0.5, 0.6) is 0 Å². The lowest BCUT2D eigenvalue weighted by atomic mass is 10.2. The quantitative estimate of drug-likeness (QED) is 0.703. The largest absolute Gasteiger partial charge is 0.330 e. The topological polar surface area (TPSA) is 48.6 Å². The molecule has 0 aliphatic heterocycles. The summed E-state index contributed by atoms with van der Waals surface area (Å²) in [5.41, 5.74) is 0.206. The fraction of sp³-hybridized carbons (Fsp3) is 0.